The van der Waals surface area contributed by atoms with Crippen molar-refractivity contribution in [1.82, 2.24) is 5.32 Å². The van der Waals surface area contributed by atoms with E-state index in [4.69, 9.17) is 0 Å². The first-order valence-corrected chi connectivity index (χ1v) is 9.63. The SMILES string of the molecule is CCC(NC1CCC2CCCCC2C1)C1CCCCC1. The number of hydrogen-bond acceptors (Lipinski definition) is 1. The topological polar surface area (TPSA) is 12.0 Å². The Hall–Kier alpha value is -0.0400. The summed E-state index contributed by atoms with van der Waals surface area (Å²) in [6.07, 6.45) is 19.3. The Morgan fingerprint density at radius 2 is 1.50 bits per heavy atom. The fourth-order valence-corrected chi connectivity index (χ4v) is 5.45. The Morgan fingerprint density at radius 1 is 0.800 bits per heavy atom. The third kappa shape index (κ3) is 3.59. The first-order valence-electron chi connectivity index (χ1n) is 9.63. The molecule has 0 aromatic carbocycles. The van der Waals surface area contributed by atoms with Crippen LogP contribution in [-0.4, -0.2) is 12.1 Å². The molecule has 3 aliphatic carbocycles. The summed E-state index contributed by atoms with van der Waals surface area (Å²) in [5.74, 6) is 3.15. The average molecular weight is 277 g/mol. The van der Waals surface area contributed by atoms with E-state index in [1.54, 1.807) is 0 Å². The van der Waals surface area contributed by atoms with Gasteiger partial charge in [-0.3, -0.25) is 0 Å². The molecule has 3 fully saturated rings. The van der Waals surface area contributed by atoms with E-state index in [1.165, 1.54) is 83.5 Å². The van der Waals surface area contributed by atoms with Crippen LogP contribution in [-0.2, 0) is 0 Å². The zero-order valence-corrected chi connectivity index (χ0v) is 13.6. The summed E-state index contributed by atoms with van der Waals surface area (Å²) in [4.78, 5) is 0. The molecular weight excluding hydrogens is 242 g/mol. The third-order valence-corrected chi connectivity index (χ3v) is 6.65. The molecule has 4 atom stereocenters. The molecule has 0 spiro atoms. The van der Waals surface area contributed by atoms with Gasteiger partial charge in [-0.1, -0.05) is 51.9 Å². The van der Waals surface area contributed by atoms with Gasteiger partial charge in [0.25, 0.3) is 0 Å². The molecule has 0 aliphatic heterocycles. The lowest BCUT2D eigenvalue weighted by Gasteiger charge is -2.42. The minimum atomic E-state index is 0.820. The molecule has 3 saturated carbocycles. The molecular formula is C19H35N. The molecule has 0 aromatic rings. The standard InChI is InChI=1S/C19H35N/c1-2-19(16-9-4-3-5-10-16)20-18-13-12-15-8-6-7-11-17(15)14-18/h15-20H,2-14H2,1H3. The van der Waals surface area contributed by atoms with Crippen molar-refractivity contribution in [3.63, 3.8) is 0 Å². The van der Waals surface area contributed by atoms with Crippen LogP contribution in [0.3, 0.4) is 0 Å². The quantitative estimate of drug-likeness (QED) is 0.736. The second kappa shape index (κ2) is 7.29. The largest absolute Gasteiger partial charge is 0.311 e. The fraction of sp³-hybridized carbons (Fsp3) is 1.00. The lowest BCUT2D eigenvalue weighted by atomic mass is 9.69. The summed E-state index contributed by atoms with van der Waals surface area (Å²) >= 11 is 0. The van der Waals surface area contributed by atoms with Crippen LogP contribution in [0, 0.1) is 17.8 Å². The van der Waals surface area contributed by atoms with Gasteiger partial charge in [-0.2, -0.15) is 0 Å². The minimum Gasteiger partial charge on any atom is -0.311 e. The third-order valence-electron chi connectivity index (χ3n) is 6.65. The highest BCUT2D eigenvalue weighted by molar-refractivity contribution is 4.89. The molecule has 1 nitrogen and oxygen atoms in total. The number of fused-ring (bicyclic) bond motifs is 1. The fourth-order valence-electron chi connectivity index (χ4n) is 5.45. The second-order valence-electron chi connectivity index (χ2n) is 7.89. The van der Waals surface area contributed by atoms with Crippen LogP contribution in [0.15, 0.2) is 0 Å². The van der Waals surface area contributed by atoms with Gasteiger partial charge >= 0.3 is 0 Å². The van der Waals surface area contributed by atoms with Crippen LogP contribution in [0.25, 0.3) is 0 Å². The summed E-state index contributed by atoms with van der Waals surface area (Å²) in [5.41, 5.74) is 0. The zero-order chi connectivity index (χ0) is 13.8. The highest BCUT2D eigenvalue weighted by atomic mass is 15.0. The van der Waals surface area contributed by atoms with Crippen LogP contribution >= 0.6 is 0 Å². The second-order valence-corrected chi connectivity index (χ2v) is 7.89. The van der Waals surface area contributed by atoms with E-state index >= 15 is 0 Å². The highest BCUT2D eigenvalue weighted by Crippen LogP contribution is 2.41. The van der Waals surface area contributed by atoms with Crippen LogP contribution in [0.4, 0.5) is 0 Å². The van der Waals surface area contributed by atoms with Crippen LogP contribution in [0.5, 0.6) is 0 Å². The molecule has 0 saturated heterocycles. The van der Waals surface area contributed by atoms with E-state index in [1.807, 2.05) is 0 Å². The van der Waals surface area contributed by atoms with Crippen molar-refractivity contribution in [2.75, 3.05) is 0 Å². The molecule has 116 valence electrons. The van der Waals surface area contributed by atoms with Crippen molar-refractivity contribution < 1.29 is 0 Å². The van der Waals surface area contributed by atoms with Gasteiger partial charge in [0.1, 0.15) is 0 Å². The lowest BCUT2D eigenvalue weighted by molar-refractivity contribution is 0.127. The van der Waals surface area contributed by atoms with E-state index in [-0.39, 0.29) is 0 Å². The van der Waals surface area contributed by atoms with Crippen LogP contribution in [0.1, 0.15) is 90.4 Å². The zero-order valence-electron chi connectivity index (χ0n) is 13.6. The van der Waals surface area contributed by atoms with Crippen LogP contribution in [0.2, 0.25) is 0 Å². The molecule has 1 heteroatoms. The molecule has 3 rings (SSSR count). The average Bonchev–Trinajstić information content (AvgIpc) is 2.53. The van der Waals surface area contributed by atoms with Gasteiger partial charge in [0, 0.05) is 12.1 Å². The van der Waals surface area contributed by atoms with Gasteiger partial charge in [-0.15, -0.1) is 0 Å². The highest BCUT2D eigenvalue weighted by Gasteiger charge is 2.33. The first-order chi connectivity index (χ1) is 9.86. The maximum Gasteiger partial charge on any atom is 0.00952 e. The number of rotatable bonds is 4. The molecule has 20 heavy (non-hydrogen) atoms. The minimum absolute atomic E-state index is 0.820. The maximum atomic E-state index is 4.11. The molecule has 0 bridgehead atoms. The normalized spacial score (nSPS) is 37.4. The van der Waals surface area contributed by atoms with Crippen molar-refractivity contribution in [3.8, 4) is 0 Å². The van der Waals surface area contributed by atoms with Crippen LogP contribution < -0.4 is 5.32 Å². The Morgan fingerprint density at radius 3 is 2.25 bits per heavy atom. The van der Waals surface area contributed by atoms with Crippen molar-refractivity contribution >= 4 is 0 Å². The summed E-state index contributed by atoms with van der Waals surface area (Å²) in [5, 5.41) is 4.11. The molecule has 0 aromatic heterocycles. The Bertz CT molecular complexity index is 281. The van der Waals surface area contributed by atoms with Gasteiger partial charge < -0.3 is 5.32 Å². The molecule has 3 aliphatic rings. The summed E-state index contributed by atoms with van der Waals surface area (Å²) in [7, 11) is 0. The predicted octanol–water partition coefficient (Wildman–Crippen LogP) is 5.29. The van der Waals surface area contributed by atoms with Gasteiger partial charge in [0.05, 0.1) is 0 Å². The summed E-state index contributed by atoms with van der Waals surface area (Å²) in [6.45, 7) is 2.40. The van der Waals surface area contributed by atoms with Gasteiger partial charge in [-0.05, 0) is 56.3 Å². The van der Waals surface area contributed by atoms with E-state index in [2.05, 4.69) is 12.2 Å². The van der Waals surface area contributed by atoms with E-state index in [9.17, 15) is 0 Å². The number of nitrogens with one attached hydrogen (secondary N) is 1. The summed E-state index contributed by atoms with van der Waals surface area (Å²) in [6, 6.07) is 1.67. The monoisotopic (exact) mass is 277 g/mol. The molecule has 0 amide bonds. The Balaban J connectivity index is 1.50. The molecule has 0 radical (unpaired) electrons. The van der Waals surface area contributed by atoms with Crippen molar-refractivity contribution in [2.24, 2.45) is 17.8 Å². The van der Waals surface area contributed by atoms with Crippen molar-refractivity contribution in [2.45, 2.75) is 102 Å². The van der Waals surface area contributed by atoms with Crippen molar-refractivity contribution in [3.05, 3.63) is 0 Å². The van der Waals surface area contributed by atoms with E-state index < -0.39 is 0 Å². The number of hydrogen-bond donors (Lipinski definition) is 1. The van der Waals surface area contributed by atoms with E-state index in [0.29, 0.717) is 0 Å². The maximum absolute atomic E-state index is 4.11. The smallest absolute Gasteiger partial charge is 0.00952 e. The van der Waals surface area contributed by atoms with Gasteiger partial charge in [0.2, 0.25) is 0 Å². The Kier molecular flexibility index (Phi) is 5.42. The first kappa shape index (κ1) is 14.9. The molecule has 1 N–H and O–H groups in total. The summed E-state index contributed by atoms with van der Waals surface area (Å²) < 4.78 is 0. The van der Waals surface area contributed by atoms with Gasteiger partial charge in [0.15, 0.2) is 0 Å². The molecule has 4 unspecified atom stereocenters. The van der Waals surface area contributed by atoms with E-state index in [0.717, 1.165) is 29.8 Å². The Labute approximate surface area is 126 Å². The molecule has 0 heterocycles. The lowest BCUT2D eigenvalue weighted by Crippen LogP contribution is -2.46. The van der Waals surface area contributed by atoms with Gasteiger partial charge in [-0.25, -0.2) is 0 Å². The predicted molar refractivity (Wildman–Crippen MR) is 86.9 cm³/mol. The van der Waals surface area contributed by atoms with Crippen molar-refractivity contribution in [1.29, 1.82) is 0 Å².